The Labute approximate surface area is 86.6 Å². The van der Waals surface area contributed by atoms with Crippen molar-refractivity contribution in [2.45, 2.75) is 39.7 Å². The standard InChI is InChI=1S/C11H22N2O/c1-8(2)9(3)11(14)13-7-6-12-10-4-5-10/h8-10,12H,4-7H2,1-3H3,(H,13,14). The summed E-state index contributed by atoms with van der Waals surface area (Å²) >= 11 is 0. The van der Waals surface area contributed by atoms with E-state index in [1.807, 2.05) is 6.92 Å². The molecule has 1 rings (SSSR count). The second kappa shape index (κ2) is 5.35. The summed E-state index contributed by atoms with van der Waals surface area (Å²) in [5, 5.41) is 6.31. The van der Waals surface area contributed by atoms with E-state index in [4.69, 9.17) is 0 Å². The van der Waals surface area contributed by atoms with Gasteiger partial charge in [-0.25, -0.2) is 0 Å². The highest BCUT2D eigenvalue weighted by molar-refractivity contribution is 5.78. The van der Waals surface area contributed by atoms with Crippen LogP contribution in [0.15, 0.2) is 0 Å². The Morgan fingerprint density at radius 1 is 1.29 bits per heavy atom. The van der Waals surface area contributed by atoms with Crippen LogP contribution < -0.4 is 10.6 Å². The number of hydrogen-bond acceptors (Lipinski definition) is 2. The van der Waals surface area contributed by atoms with Crippen molar-refractivity contribution in [3.05, 3.63) is 0 Å². The SMILES string of the molecule is CC(C)C(C)C(=O)NCCNC1CC1. The van der Waals surface area contributed by atoms with Gasteiger partial charge in [-0.2, -0.15) is 0 Å². The maximum atomic E-state index is 11.5. The lowest BCUT2D eigenvalue weighted by molar-refractivity contribution is -0.125. The van der Waals surface area contributed by atoms with E-state index in [9.17, 15) is 4.79 Å². The van der Waals surface area contributed by atoms with Crippen LogP contribution >= 0.6 is 0 Å². The molecule has 1 aliphatic rings. The van der Waals surface area contributed by atoms with Crippen molar-refractivity contribution in [2.75, 3.05) is 13.1 Å². The van der Waals surface area contributed by atoms with E-state index in [0.29, 0.717) is 5.92 Å². The van der Waals surface area contributed by atoms with Gasteiger partial charge >= 0.3 is 0 Å². The Balaban J connectivity index is 2.01. The first-order chi connectivity index (χ1) is 6.61. The predicted octanol–water partition coefficient (Wildman–Crippen LogP) is 1.15. The number of amides is 1. The number of carbonyl (C=O) groups excluding carboxylic acids is 1. The first-order valence-electron chi connectivity index (χ1n) is 5.62. The number of hydrogen-bond donors (Lipinski definition) is 2. The summed E-state index contributed by atoms with van der Waals surface area (Å²) < 4.78 is 0. The lowest BCUT2D eigenvalue weighted by Crippen LogP contribution is -2.37. The Bertz CT molecular complexity index is 188. The molecule has 0 aromatic carbocycles. The van der Waals surface area contributed by atoms with Gasteiger partial charge in [0.1, 0.15) is 0 Å². The first-order valence-corrected chi connectivity index (χ1v) is 5.62. The average molecular weight is 198 g/mol. The smallest absolute Gasteiger partial charge is 0.223 e. The van der Waals surface area contributed by atoms with Gasteiger partial charge in [0.15, 0.2) is 0 Å². The Morgan fingerprint density at radius 2 is 1.93 bits per heavy atom. The maximum absolute atomic E-state index is 11.5. The molecule has 82 valence electrons. The Hall–Kier alpha value is -0.570. The third-order valence-electron chi connectivity index (χ3n) is 2.85. The predicted molar refractivity (Wildman–Crippen MR) is 58.0 cm³/mol. The molecule has 3 heteroatoms. The minimum atomic E-state index is 0.121. The van der Waals surface area contributed by atoms with Crippen molar-refractivity contribution >= 4 is 5.91 Å². The fraction of sp³-hybridized carbons (Fsp3) is 0.909. The second-order valence-corrected chi connectivity index (χ2v) is 4.55. The monoisotopic (exact) mass is 198 g/mol. The summed E-state index contributed by atoms with van der Waals surface area (Å²) in [5.74, 6) is 0.722. The van der Waals surface area contributed by atoms with Crippen LogP contribution in [0.2, 0.25) is 0 Å². The molecule has 14 heavy (non-hydrogen) atoms. The third kappa shape index (κ3) is 4.09. The molecule has 0 radical (unpaired) electrons. The van der Waals surface area contributed by atoms with Crippen LogP contribution in [-0.2, 0) is 4.79 Å². The van der Waals surface area contributed by atoms with Crippen LogP contribution in [0, 0.1) is 11.8 Å². The van der Waals surface area contributed by atoms with Gasteiger partial charge in [0, 0.05) is 25.0 Å². The van der Waals surface area contributed by atoms with E-state index in [-0.39, 0.29) is 11.8 Å². The topological polar surface area (TPSA) is 41.1 Å². The number of carbonyl (C=O) groups is 1. The van der Waals surface area contributed by atoms with Gasteiger partial charge in [0.2, 0.25) is 5.91 Å². The molecule has 0 aliphatic heterocycles. The summed E-state index contributed by atoms with van der Waals surface area (Å²) in [5.41, 5.74) is 0. The summed E-state index contributed by atoms with van der Waals surface area (Å²) in [6.45, 7) is 7.79. The van der Waals surface area contributed by atoms with Crippen molar-refractivity contribution in [1.82, 2.24) is 10.6 Å². The fourth-order valence-corrected chi connectivity index (χ4v) is 1.21. The highest BCUT2D eigenvalue weighted by Gasteiger charge is 2.20. The summed E-state index contributed by atoms with van der Waals surface area (Å²) in [6.07, 6.45) is 2.60. The summed E-state index contributed by atoms with van der Waals surface area (Å²) in [7, 11) is 0. The van der Waals surface area contributed by atoms with E-state index in [1.54, 1.807) is 0 Å². The van der Waals surface area contributed by atoms with E-state index in [1.165, 1.54) is 12.8 Å². The van der Waals surface area contributed by atoms with Gasteiger partial charge in [-0.1, -0.05) is 20.8 Å². The van der Waals surface area contributed by atoms with Gasteiger partial charge in [0.25, 0.3) is 0 Å². The van der Waals surface area contributed by atoms with E-state index < -0.39 is 0 Å². The highest BCUT2D eigenvalue weighted by Crippen LogP contribution is 2.17. The molecule has 0 spiro atoms. The largest absolute Gasteiger partial charge is 0.355 e. The molecular weight excluding hydrogens is 176 g/mol. The molecule has 0 bridgehead atoms. The minimum Gasteiger partial charge on any atom is -0.355 e. The molecule has 0 aromatic rings. The van der Waals surface area contributed by atoms with Crippen LogP contribution in [0.1, 0.15) is 33.6 Å². The molecule has 1 aliphatic carbocycles. The Kier molecular flexibility index (Phi) is 4.39. The first kappa shape index (κ1) is 11.5. The minimum absolute atomic E-state index is 0.121. The van der Waals surface area contributed by atoms with Crippen LogP contribution in [0.5, 0.6) is 0 Å². The van der Waals surface area contributed by atoms with Crippen molar-refractivity contribution in [3.63, 3.8) is 0 Å². The van der Waals surface area contributed by atoms with Gasteiger partial charge in [-0.15, -0.1) is 0 Å². The van der Waals surface area contributed by atoms with Crippen LogP contribution in [0.3, 0.4) is 0 Å². The van der Waals surface area contributed by atoms with Crippen LogP contribution in [0.25, 0.3) is 0 Å². The molecule has 1 unspecified atom stereocenters. The van der Waals surface area contributed by atoms with Crippen molar-refractivity contribution in [2.24, 2.45) is 11.8 Å². The molecule has 0 heterocycles. The lowest BCUT2D eigenvalue weighted by Gasteiger charge is -2.15. The maximum Gasteiger partial charge on any atom is 0.223 e. The molecule has 2 N–H and O–H groups in total. The lowest BCUT2D eigenvalue weighted by atomic mass is 9.97. The van der Waals surface area contributed by atoms with Gasteiger partial charge in [-0.05, 0) is 18.8 Å². The van der Waals surface area contributed by atoms with Gasteiger partial charge in [-0.3, -0.25) is 4.79 Å². The average Bonchev–Trinajstić information content (AvgIpc) is 2.94. The fourth-order valence-electron chi connectivity index (χ4n) is 1.21. The molecule has 1 amide bonds. The van der Waals surface area contributed by atoms with E-state index in [0.717, 1.165) is 19.1 Å². The van der Waals surface area contributed by atoms with Crippen LogP contribution in [-0.4, -0.2) is 25.0 Å². The van der Waals surface area contributed by atoms with Gasteiger partial charge < -0.3 is 10.6 Å². The molecule has 3 nitrogen and oxygen atoms in total. The number of rotatable bonds is 6. The van der Waals surface area contributed by atoms with Crippen LogP contribution in [0.4, 0.5) is 0 Å². The summed E-state index contributed by atoms with van der Waals surface area (Å²) in [4.78, 5) is 11.5. The molecule has 0 aromatic heterocycles. The third-order valence-corrected chi connectivity index (χ3v) is 2.85. The van der Waals surface area contributed by atoms with E-state index in [2.05, 4.69) is 24.5 Å². The Morgan fingerprint density at radius 3 is 2.43 bits per heavy atom. The quantitative estimate of drug-likeness (QED) is 0.629. The van der Waals surface area contributed by atoms with Crippen molar-refractivity contribution < 1.29 is 4.79 Å². The van der Waals surface area contributed by atoms with Crippen molar-refractivity contribution in [3.8, 4) is 0 Å². The van der Waals surface area contributed by atoms with Gasteiger partial charge in [0.05, 0.1) is 0 Å². The molecule has 1 atom stereocenters. The highest BCUT2D eigenvalue weighted by atomic mass is 16.1. The van der Waals surface area contributed by atoms with Crippen molar-refractivity contribution in [1.29, 1.82) is 0 Å². The second-order valence-electron chi connectivity index (χ2n) is 4.55. The molecule has 0 saturated heterocycles. The normalized spacial score (nSPS) is 18.3. The zero-order chi connectivity index (χ0) is 10.6. The molecule has 1 fully saturated rings. The number of nitrogens with one attached hydrogen (secondary N) is 2. The zero-order valence-electron chi connectivity index (χ0n) is 9.47. The molecular formula is C11H22N2O. The van der Waals surface area contributed by atoms with E-state index >= 15 is 0 Å². The molecule has 1 saturated carbocycles. The zero-order valence-corrected chi connectivity index (χ0v) is 9.47. The summed E-state index contributed by atoms with van der Waals surface area (Å²) in [6, 6.07) is 0.731.